The van der Waals surface area contributed by atoms with E-state index in [9.17, 15) is 9.59 Å². The Labute approximate surface area is 155 Å². The lowest BCUT2D eigenvalue weighted by Gasteiger charge is -2.02. The Balaban J connectivity index is 1.64. The second kappa shape index (κ2) is 6.61. The van der Waals surface area contributed by atoms with E-state index in [0.29, 0.717) is 30.2 Å². The average molecular weight is 389 g/mol. The molecule has 0 unspecified atom stereocenters. The van der Waals surface area contributed by atoms with Gasteiger partial charge in [-0.15, -0.1) is 27.8 Å². The number of rotatable bonds is 5. The fourth-order valence-corrected chi connectivity index (χ4v) is 4.96. The molecular formula is C16H15N5O3S2. The van der Waals surface area contributed by atoms with Gasteiger partial charge in [0, 0.05) is 20.8 Å². The average Bonchev–Trinajstić information content (AvgIpc) is 3.30. The Hall–Kier alpha value is -2.59. The van der Waals surface area contributed by atoms with E-state index in [2.05, 4.69) is 15.3 Å². The molecule has 4 rings (SSSR count). The number of esters is 1. The number of nitrogens with zero attached hydrogens (tertiary/aromatic N) is 5. The highest BCUT2D eigenvalue weighted by atomic mass is 32.1. The van der Waals surface area contributed by atoms with Crippen molar-refractivity contribution >= 4 is 49.2 Å². The molecule has 0 aliphatic heterocycles. The molecule has 4 aromatic heterocycles. The third-order valence-electron chi connectivity index (χ3n) is 3.85. The molecule has 0 saturated heterocycles. The van der Waals surface area contributed by atoms with Gasteiger partial charge in [0.2, 0.25) is 0 Å². The van der Waals surface area contributed by atoms with Gasteiger partial charge in [-0.3, -0.25) is 9.36 Å². The van der Waals surface area contributed by atoms with Gasteiger partial charge in [0.15, 0.2) is 11.2 Å². The molecule has 4 heterocycles. The van der Waals surface area contributed by atoms with Crippen LogP contribution in [-0.2, 0) is 17.8 Å². The van der Waals surface area contributed by atoms with Crippen molar-refractivity contribution < 1.29 is 9.53 Å². The molecule has 26 heavy (non-hydrogen) atoms. The number of aryl methyl sites for hydroxylation is 1. The number of fused-ring (bicyclic) bond motifs is 2. The van der Waals surface area contributed by atoms with Crippen LogP contribution < -0.4 is 5.56 Å². The zero-order valence-electron chi connectivity index (χ0n) is 14.1. The Bertz CT molecular complexity index is 1140. The third kappa shape index (κ3) is 2.80. The van der Waals surface area contributed by atoms with Gasteiger partial charge in [-0.25, -0.2) is 14.5 Å². The maximum Gasteiger partial charge on any atom is 0.348 e. The predicted molar refractivity (Wildman–Crippen MR) is 100 cm³/mol. The molecular weight excluding hydrogens is 374 g/mol. The molecule has 0 N–H and O–H groups in total. The van der Waals surface area contributed by atoms with Crippen LogP contribution in [0.2, 0.25) is 0 Å². The zero-order chi connectivity index (χ0) is 18.3. The smallest absolute Gasteiger partial charge is 0.348 e. The highest BCUT2D eigenvalue weighted by molar-refractivity contribution is 7.28. The summed E-state index contributed by atoms with van der Waals surface area (Å²) in [5, 5.41) is 7.89. The number of hydrogen-bond donors (Lipinski definition) is 0. The maximum absolute atomic E-state index is 12.6. The summed E-state index contributed by atoms with van der Waals surface area (Å²) in [6, 6.07) is 3.83. The van der Waals surface area contributed by atoms with Crippen LogP contribution >= 0.6 is 22.7 Å². The van der Waals surface area contributed by atoms with Crippen molar-refractivity contribution in [3.8, 4) is 0 Å². The topological polar surface area (TPSA) is 91.9 Å². The van der Waals surface area contributed by atoms with Crippen LogP contribution in [0.15, 0.2) is 23.3 Å². The van der Waals surface area contributed by atoms with Crippen LogP contribution in [0.25, 0.3) is 20.6 Å². The second-order valence-electron chi connectivity index (χ2n) is 5.53. The van der Waals surface area contributed by atoms with Crippen LogP contribution in [0, 0.1) is 0 Å². The Kier molecular flexibility index (Phi) is 4.29. The minimum absolute atomic E-state index is 0.210. The normalized spacial score (nSPS) is 11.5. The Morgan fingerprint density at radius 3 is 2.77 bits per heavy atom. The zero-order valence-corrected chi connectivity index (χ0v) is 15.8. The lowest BCUT2D eigenvalue weighted by atomic mass is 10.4. The molecule has 0 saturated carbocycles. The molecule has 134 valence electrons. The highest BCUT2D eigenvalue weighted by Crippen LogP contribution is 2.33. The molecule has 0 atom stereocenters. The van der Waals surface area contributed by atoms with Crippen molar-refractivity contribution in [1.29, 1.82) is 0 Å². The summed E-state index contributed by atoms with van der Waals surface area (Å²) < 4.78 is 10.2. The summed E-state index contributed by atoms with van der Waals surface area (Å²) >= 11 is 2.94. The van der Waals surface area contributed by atoms with E-state index in [1.807, 2.05) is 19.1 Å². The van der Waals surface area contributed by atoms with E-state index < -0.39 is 0 Å². The van der Waals surface area contributed by atoms with Crippen LogP contribution in [0.1, 0.15) is 28.4 Å². The number of hydrogen-bond acceptors (Lipinski definition) is 8. The fourth-order valence-electron chi connectivity index (χ4n) is 2.65. The van der Waals surface area contributed by atoms with Crippen molar-refractivity contribution in [1.82, 2.24) is 24.5 Å². The first kappa shape index (κ1) is 16.9. The van der Waals surface area contributed by atoms with Crippen molar-refractivity contribution in [3.63, 3.8) is 0 Å². The number of thiophene rings is 2. The summed E-state index contributed by atoms with van der Waals surface area (Å²) in [5.41, 5.74) is 0.566. The fraction of sp³-hybridized carbons (Fsp3) is 0.312. The summed E-state index contributed by atoms with van der Waals surface area (Å²) in [7, 11) is 0. The van der Waals surface area contributed by atoms with Crippen molar-refractivity contribution in [3.05, 3.63) is 38.6 Å². The van der Waals surface area contributed by atoms with Crippen molar-refractivity contribution in [2.24, 2.45) is 0 Å². The van der Waals surface area contributed by atoms with Crippen molar-refractivity contribution in [2.75, 3.05) is 6.61 Å². The van der Waals surface area contributed by atoms with E-state index in [0.717, 1.165) is 14.3 Å². The minimum atomic E-state index is -0.299. The van der Waals surface area contributed by atoms with Gasteiger partial charge in [0.05, 0.1) is 13.2 Å². The number of carbonyl (C=O) groups excluding carboxylic acids is 1. The van der Waals surface area contributed by atoms with Gasteiger partial charge in [0.1, 0.15) is 11.2 Å². The lowest BCUT2D eigenvalue weighted by molar-refractivity contribution is 0.0532. The molecule has 0 aliphatic carbocycles. The van der Waals surface area contributed by atoms with Gasteiger partial charge < -0.3 is 4.74 Å². The summed E-state index contributed by atoms with van der Waals surface area (Å²) in [5.74, 6) is -0.299. The monoisotopic (exact) mass is 389 g/mol. The molecule has 0 aliphatic rings. The molecule has 0 amide bonds. The standard InChI is InChI=1S/C16H15N5O3S2/c1-3-21-14-13(18-19-21)15(22)20(8-17-14)7-9-5-10-11(25-9)6-12(26-10)16(23)24-4-2/h5-6,8H,3-4,7H2,1-2H3. The lowest BCUT2D eigenvalue weighted by Crippen LogP contribution is -2.21. The summed E-state index contributed by atoms with van der Waals surface area (Å²) in [6.45, 7) is 5.08. The summed E-state index contributed by atoms with van der Waals surface area (Å²) in [4.78, 5) is 30.3. The first-order valence-corrected chi connectivity index (χ1v) is 9.72. The van der Waals surface area contributed by atoms with Crippen molar-refractivity contribution in [2.45, 2.75) is 26.9 Å². The SMILES string of the molecule is CCOC(=O)c1cc2sc(Cn3cnc4c(nnn4CC)c3=O)cc2s1. The van der Waals surface area contributed by atoms with Gasteiger partial charge in [-0.2, -0.15) is 0 Å². The Morgan fingerprint density at radius 2 is 2.04 bits per heavy atom. The second-order valence-corrected chi connectivity index (χ2v) is 7.78. The van der Waals surface area contributed by atoms with E-state index in [1.54, 1.807) is 22.9 Å². The molecule has 4 aromatic rings. The first-order chi connectivity index (χ1) is 12.6. The number of ether oxygens (including phenoxy) is 1. The molecule has 0 fully saturated rings. The Morgan fingerprint density at radius 1 is 1.23 bits per heavy atom. The van der Waals surface area contributed by atoms with Gasteiger partial charge in [-0.1, -0.05) is 5.21 Å². The van der Waals surface area contributed by atoms with Gasteiger partial charge in [0.25, 0.3) is 5.56 Å². The predicted octanol–water partition coefficient (Wildman–Crippen LogP) is 2.51. The van der Waals surface area contributed by atoms with E-state index >= 15 is 0 Å². The first-order valence-electron chi connectivity index (χ1n) is 8.08. The number of aromatic nitrogens is 5. The molecule has 10 heteroatoms. The third-order valence-corrected chi connectivity index (χ3v) is 6.11. The number of carbonyl (C=O) groups is 1. The van der Waals surface area contributed by atoms with Crippen LogP contribution in [0.4, 0.5) is 0 Å². The van der Waals surface area contributed by atoms with E-state index in [1.165, 1.54) is 22.2 Å². The van der Waals surface area contributed by atoms with Gasteiger partial charge >= 0.3 is 5.97 Å². The van der Waals surface area contributed by atoms with Crippen LogP contribution in [0.5, 0.6) is 0 Å². The molecule has 8 nitrogen and oxygen atoms in total. The van der Waals surface area contributed by atoms with E-state index in [4.69, 9.17) is 4.74 Å². The quantitative estimate of drug-likeness (QED) is 0.487. The van der Waals surface area contributed by atoms with E-state index in [-0.39, 0.29) is 17.0 Å². The molecule has 0 radical (unpaired) electrons. The molecule has 0 spiro atoms. The molecule has 0 bridgehead atoms. The minimum Gasteiger partial charge on any atom is -0.462 e. The van der Waals surface area contributed by atoms with Crippen LogP contribution in [-0.4, -0.2) is 37.1 Å². The highest BCUT2D eigenvalue weighted by Gasteiger charge is 2.15. The largest absolute Gasteiger partial charge is 0.462 e. The van der Waals surface area contributed by atoms with Gasteiger partial charge in [-0.05, 0) is 26.0 Å². The van der Waals surface area contributed by atoms with Crippen LogP contribution in [0.3, 0.4) is 0 Å². The molecule has 0 aromatic carbocycles. The summed E-state index contributed by atoms with van der Waals surface area (Å²) in [6.07, 6.45) is 1.53. The maximum atomic E-state index is 12.6.